The predicted octanol–water partition coefficient (Wildman–Crippen LogP) is 2.73. The molecule has 182 valence electrons. The molecule has 35 heavy (non-hydrogen) atoms. The van der Waals surface area contributed by atoms with Gasteiger partial charge in [-0.15, -0.1) is 0 Å². The minimum Gasteiger partial charge on any atom is -0.399 e. The molecule has 0 bridgehead atoms. The van der Waals surface area contributed by atoms with Gasteiger partial charge in [-0.05, 0) is 62.4 Å². The first kappa shape index (κ1) is 28.1. The van der Waals surface area contributed by atoms with Crippen LogP contribution >= 0.6 is 0 Å². The van der Waals surface area contributed by atoms with E-state index < -0.39 is 20.0 Å². The minimum atomic E-state index is -3.64. The summed E-state index contributed by atoms with van der Waals surface area (Å²) in [5, 5.41) is 7.11. The number of sulfonamides is 2. The zero-order valence-corrected chi connectivity index (χ0v) is 25.9. The van der Waals surface area contributed by atoms with Crippen molar-refractivity contribution in [2.45, 2.75) is 23.6 Å². The fourth-order valence-corrected chi connectivity index (χ4v) is 4.48. The van der Waals surface area contributed by atoms with E-state index in [4.69, 9.17) is 20.5 Å². The fraction of sp³-hybridized carbons (Fsp3) is 0.100. The van der Waals surface area contributed by atoms with Crippen LogP contribution in [0.4, 0.5) is 23.0 Å². The average molecular weight is 707 g/mol. The molecule has 0 radical (unpaired) electrons. The van der Waals surface area contributed by atoms with Crippen molar-refractivity contribution in [1.29, 1.82) is 0 Å². The predicted molar refractivity (Wildman–Crippen MR) is 126 cm³/mol. The number of aromatic nitrogens is 2. The van der Waals surface area contributed by atoms with Crippen LogP contribution in [0.15, 0.2) is 79.5 Å². The van der Waals surface area contributed by atoms with Gasteiger partial charge in [-0.3, -0.25) is 9.44 Å². The molecule has 12 nitrogen and oxygen atoms in total. The third-order valence-electron chi connectivity index (χ3n) is 4.11. The van der Waals surface area contributed by atoms with Gasteiger partial charge >= 0.3 is 0 Å². The molecule has 2 heterocycles. The summed E-state index contributed by atoms with van der Waals surface area (Å²) in [6, 6.07) is 14.7. The first-order valence-electron chi connectivity index (χ1n) is 9.58. The van der Waals surface area contributed by atoms with Gasteiger partial charge in [0.1, 0.15) is 11.5 Å². The molecule has 0 fully saturated rings. The molecule has 0 saturated carbocycles. The summed E-state index contributed by atoms with van der Waals surface area (Å²) in [4.78, 5) is 0.236. The SMILES string of the molecule is Cc1cc(NS(=O)(=O)c2ccc(N)cc2)no1.Cc1cc(NS(=O)(=O)c2ccc(N)cc2)no1.[Hg]. The number of nitrogens with zero attached hydrogens (tertiary/aromatic N) is 2. The molecule has 0 atom stereocenters. The average Bonchev–Trinajstić information content (AvgIpc) is 3.35. The summed E-state index contributed by atoms with van der Waals surface area (Å²) < 4.78 is 61.7. The Hall–Kier alpha value is -3.10. The number of hydrogen-bond donors (Lipinski definition) is 4. The molecule has 0 saturated heterocycles. The van der Waals surface area contributed by atoms with E-state index in [0.717, 1.165) is 0 Å². The van der Waals surface area contributed by atoms with Crippen molar-refractivity contribution >= 4 is 43.1 Å². The molecular formula is C20H22HgN6O6S2. The van der Waals surface area contributed by atoms with Crippen LogP contribution in [0.25, 0.3) is 0 Å². The summed E-state index contributed by atoms with van der Waals surface area (Å²) in [6.07, 6.45) is 0. The van der Waals surface area contributed by atoms with Crippen molar-refractivity contribution in [1.82, 2.24) is 10.3 Å². The first-order valence-corrected chi connectivity index (χ1v) is 12.5. The number of hydrogen-bond acceptors (Lipinski definition) is 10. The number of nitrogen functional groups attached to an aromatic ring is 2. The van der Waals surface area contributed by atoms with Gasteiger partial charge in [0.15, 0.2) is 11.6 Å². The largest absolute Gasteiger partial charge is 0.399 e. The minimum absolute atomic E-state index is 0. The van der Waals surface area contributed by atoms with Gasteiger partial charge in [-0.2, -0.15) is 0 Å². The zero-order chi connectivity index (χ0) is 24.9. The summed E-state index contributed by atoms with van der Waals surface area (Å²) in [7, 11) is -7.29. The molecule has 0 aliphatic rings. The van der Waals surface area contributed by atoms with Crippen molar-refractivity contribution in [2.75, 3.05) is 20.9 Å². The van der Waals surface area contributed by atoms with E-state index in [1.807, 2.05) is 0 Å². The summed E-state index contributed by atoms with van der Waals surface area (Å²) >= 11 is 0. The fourth-order valence-electron chi connectivity index (χ4n) is 2.52. The number of anilines is 4. The second-order valence-corrected chi connectivity index (χ2v) is 10.4. The molecule has 15 heteroatoms. The third kappa shape index (κ3) is 7.97. The Balaban J connectivity index is 0.000000240. The first-order chi connectivity index (χ1) is 15.9. The Labute approximate surface area is 222 Å². The maximum Gasteiger partial charge on any atom is 0.263 e. The van der Waals surface area contributed by atoms with E-state index in [1.54, 1.807) is 13.8 Å². The van der Waals surface area contributed by atoms with E-state index in [0.29, 0.717) is 22.9 Å². The van der Waals surface area contributed by atoms with Gasteiger partial charge in [-0.1, -0.05) is 10.3 Å². The van der Waals surface area contributed by atoms with Crippen LogP contribution in [0.5, 0.6) is 0 Å². The van der Waals surface area contributed by atoms with Crippen LogP contribution in [0, 0.1) is 13.8 Å². The summed E-state index contributed by atoms with van der Waals surface area (Å²) in [6.45, 7) is 3.35. The van der Waals surface area contributed by atoms with Crippen LogP contribution in [0.1, 0.15) is 11.5 Å². The topological polar surface area (TPSA) is 196 Å². The monoisotopic (exact) mass is 708 g/mol. The van der Waals surface area contributed by atoms with Gasteiger partial charge < -0.3 is 20.5 Å². The number of aryl methyl sites for hydroxylation is 2. The molecule has 4 aromatic rings. The molecule has 0 aliphatic carbocycles. The Morgan fingerprint density at radius 3 is 1.23 bits per heavy atom. The van der Waals surface area contributed by atoms with Crippen LogP contribution in [-0.4, -0.2) is 27.1 Å². The molecule has 2 aromatic carbocycles. The Morgan fingerprint density at radius 2 is 0.971 bits per heavy atom. The molecule has 0 amide bonds. The van der Waals surface area contributed by atoms with Crippen molar-refractivity contribution in [3.63, 3.8) is 0 Å². The molecule has 4 rings (SSSR count). The maximum atomic E-state index is 11.9. The maximum absolute atomic E-state index is 11.9. The number of rotatable bonds is 6. The van der Waals surface area contributed by atoms with Crippen molar-refractivity contribution in [2.24, 2.45) is 0 Å². The number of nitrogens with one attached hydrogen (secondary N) is 2. The summed E-state index contributed by atoms with van der Waals surface area (Å²) in [5.41, 5.74) is 12.0. The normalized spacial score (nSPS) is 11.0. The van der Waals surface area contributed by atoms with Gasteiger partial charge in [0.25, 0.3) is 20.0 Å². The Morgan fingerprint density at radius 1 is 0.657 bits per heavy atom. The van der Waals surface area contributed by atoms with Crippen LogP contribution in [-0.2, 0) is 47.7 Å². The van der Waals surface area contributed by atoms with Crippen molar-refractivity contribution in [3.8, 4) is 0 Å². The quantitative estimate of drug-likeness (QED) is 0.171. The van der Waals surface area contributed by atoms with E-state index >= 15 is 0 Å². The second kappa shape index (κ2) is 11.5. The van der Waals surface area contributed by atoms with Gasteiger partial charge in [0.2, 0.25) is 0 Å². The number of benzene rings is 2. The Bertz CT molecular complexity index is 1350. The smallest absolute Gasteiger partial charge is 0.263 e. The zero-order valence-electron chi connectivity index (χ0n) is 18.8. The van der Waals surface area contributed by atoms with Gasteiger partial charge in [0, 0.05) is 51.2 Å². The van der Waals surface area contributed by atoms with Crippen LogP contribution < -0.4 is 20.9 Å². The number of nitrogens with two attached hydrogens (primary N) is 2. The van der Waals surface area contributed by atoms with Crippen LogP contribution in [0.2, 0.25) is 0 Å². The van der Waals surface area contributed by atoms with Crippen molar-refractivity contribution < 1.29 is 53.6 Å². The van der Waals surface area contributed by atoms with E-state index in [2.05, 4.69) is 19.8 Å². The molecule has 0 spiro atoms. The third-order valence-corrected chi connectivity index (χ3v) is 6.86. The van der Waals surface area contributed by atoms with E-state index in [9.17, 15) is 16.8 Å². The van der Waals surface area contributed by atoms with Gasteiger partial charge in [0.05, 0.1) is 9.79 Å². The van der Waals surface area contributed by atoms with Gasteiger partial charge in [-0.25, -0.2) is 16.8 Å². The molecule has 0 aliphatic heterocycles. The molecular weight excluding hydrogens is 685 g/mol. The van der Waals surface area contributed by atoms with E-state index in [1.165, 1.54) is 60.7 Å². The molecule has 0 unspecified atom stereocenters. The Kier molecular flexibility index (Phi) is 9.28. The van der Waals surface area contributed by atoms with Crippen molar-refractivity contribution in [3.05, 3.63) is 72.2 Å². The summed E-state index contributed by atoms with van der Waals surface area (Å²) in [5.74, 6) is 1.36. The van der Waals surface area contributed by atoms with Crippen LogP contribution in [0.3, 0.4) is 0 Å². The molecule has 2 aromatic heterocycles. The molecule has 6 N–H and O–H groups in total. The second-order valence-electron chi connectivity index (χ2n) is 6.99. The standard InChI is InChI=1S/2C10H11N3O3S.Hg/c2*1-7-6-10(12-16-7)13-17(14,15)9-4-2-8(11)3-5-9;/h2*2-6H,11H2,1H3,(H,12,13);. The van der Waals surface area contributed by atoms with E-state index in [-0.39, 0.29) is 49.1 Å².